The summed E-state index contributed by atoms with van der Waals surface area (Å²) in [5.74, 6) is 0.106. The van der Waals surface area contributed by atoms with Crippen LogP contribution in [0, 0.1) is 0 Å². The summed E-state index contributed by atoms with van der Waals surface area (Å²) in [6, 6.07) is 1.74. The highest BCUT2D eigenvalue weighted by atomic mass is 16.3. The Kier molecular flexibility index (Phi) is 5.33. The minimum absolute atomic E-state index is 0.0329. The Morgan fingerprint density at radius 3 is 2.12 bits per heavy atom. The van der Waals surface area contributed by atoms with Gasteiger partial charge in [0.05, 0.1) is 0 Å². The minimum atomic E-state index is 0.0329. The Morgan fingerprint density at radius 2 is 1.59 bits per heavy atom. The molecule has 0 aliphatic carbocycles. The quantitative estimate of drug-likeness (QED) is 0.580. The molecule has 2 N–H and O–H groups in total. The number of aromatic hydroxyl groups is 2. The fraction of sp³-hybridized carbons (Fsp3) is 0.600. The second kappa shape index (κ2) is 6.53. The summed E-state index contributed by atoms with van der Waals surface area (Å²) in [6.07, 6.45) is 6.25. The zero-order chi connectivity index (χ0) is 12.8. The van der Waals surface area contributed by atoms with E-state index in [4.69, 9.17) is 0 Å². The lowest BCUT2D eigenvalue weighted by Crippen LogP contribution is -2.00. The van der Waals surface area contributed by atoms with E-state index >= 15 is 0 Å². The first-order valence-corrected chi connectivity index (χ1v) is 6.71. The lowest BCUT2D eigenvalue weighted by Gasteiger charge is -2.15. The van der Waals surface area contributed by atoms with Crippen molar-refractivity contribution in [2.24, 2.45) is 0 Å². The van der Waals surface area contributed by atoms with Gasteiger partial charge < -0.3 is 10.2 Å². The summed E-state index contributed by atoms with van der Waals surface area (Å²) in [7, 11) is 0. The molecule has 0 fully saturated rings. The average Bonchev–Trinajstić information content (AvgIpc) is 2.33. The average molecular weight is 236 g/mol. The number of phenolic OH excluding ortho intramolecular Hbond substituents is 2. The number of hydrogen-bond acceptors (Lipinski definition) is 2. The molecule has 96 valence electrons. The molecule has 0 spiro atoms. The highest BCUT2D eigenvalue weighted by Gasteiger charge is 2.14. The third kappa shape index (κ3) is 3.15. The Morgan fingerprint density at radius 1 is 0.941 bits per heavy atom. The molecule has 0 saturated heterocycles. The second-order valence-electron chi connectivity index (χ2n) is 4.52. The first-order valence-electron chi connectivity index (χ1n) is 6.71. The Bertz CT molecular complexity index is 370. The molecule has 0 bridgehead atoms. The number of unbranched alkanes of at least 4 members (excludes halogenated alkanes) is 2. The largest absolute Gasteiger partial charge is 0.504 e. The van der Waals surface area contributed by atoms with E-state index in [9.17, 15) is 10.2 Å². The summed E-state index contributed by atoms with van der Waals surface area (Å²) in [5, 5.41) is 19.6. The van der Waals surface area contributed by atoms with Crippen LogP contribution in [0.2, 0.25) is 0 Å². The molecule has 0 saturated carbocycles. The molecular formula is C15H24O2. The smallest absolute Gasteiger partial charge is 0.160 e. The monoisotopic (exact) mass is 236 g/mol. The molecule has 2 heteroatoms. The first kappa shape index (κ1) is 13.9. The molecule has 0 aliphatic heterocycles. The van der Waals surface area contributed by atoms with Gasteiger partial charge in [0.25, 0.3) is 0 Å². The normalized spacial score (nSPS) is 10.8. The second-order valence-corrected chi connectivity index (χ2v) is 4.52. The topological polar surface area (TPSA) is 40.5 Å². The molecule has 1 rings (SSSR count). The molecule has 0 aliphatic rings. The maximum atomic E-state index is 9.86. The molecule has 0 unspecified atom stereocenters. The van der Waals surface area contributed by atoms with Crippen LogP contribution in [-0.2, 0) is 19.3 Å². The van der Waals surface area contributed by atoms with Gasteiger partial charge in [-0.2, -0.15) is 0 Å². The molecule has 0 amide bonds. The van der Waals surface area contributed by atoms with Gasteiger partial charge in [-0.05, 0) is 42.9 Å². The predicted octanol–water partition coefficient (Wildman–Crippen LogP) is 3.96. The predicted molar refractivity (Wildman–Crippen MR) is 71.8 cm³/mol. The van der Waals surface area contributed by atoms with Crippen LogP contribution < -0.4 is 0 Å². The lowest BCUT2D eigenvalue weighted by molar-refractivity contribution is 0.398. The van der Waals surface area contributed by atoms with Crippen molar-refractivity contribution in [3.63, 3.8) is 0 Å². The van der Waals surface area contributed by atoms with Gasteiger partial charge in [-0.1, -0.05) is 33.6 Å². The van der Waals surface area contributed by atoms with Crippen LogP contribution in [0.3, 0.4) is 0 Å². The molecule has 2 nitrogen and oxygen atoms in total. The molecule has 1 aromatic rings. The van der Waals surface area contributed by atoms with E-state index in [1.807, 2.05) is 6.92 Å². The van der Waals surface area contributed by atoms with Gasteiger partial charge in [-0.3, -0.25) is 0 Å². The molecule has 0 radical (unpaired) electrons. The van der Waals surface area contributed by atoms with E-state index in [0.717, 1.165) is 31.2 Å². The van der Waals surface area contributed by atoms with Crippen molar-refractivity contribution in [3.05, 3.63) is 22.8 Å². The summed E-state index contributed by atoms with van der Waals surface area (Å²) in [5.41, 5.74) is 3.34. The van der Waals surface area contributed by atoms with Crippen molar-refractivity contribution >= 4 is 0 Å². The van der Waals surface area contributed by atoms with Crippen LogP contribution in [0.4, 0.5) is 0 Å². The molecule has 17 heavy (non-hydrogen) atoms. The van der Waals surface area contributed by atoms with Crippen LogP contribution in [0.25, 0.3) is 0 Å². The Balaban J connectivity index is 3.06. The van der Waals surface area contributed by atoms with E-state index in [-0.39, 0.29) is 11.5 Å². The van der Waals surface area contributed by atoms with Gasteiger partial charge in [0.1, 0.15) is 0 Å². The molecule has 1 aromatic carbocycles. The summed E-state index contributed by atoms with van der Waals surface area (Å²) < 4.78 is 0. The van der Waals surface area contributed by atoms with Gasteiger partial charge in [0.2, 0.25) is 0 Å². The van der Waals surface area contributed by atoms with E-state index in [2.05, 4.69) is 13.8 Å². The van der Waals surface area contributed by atoms with Gasteiger partial charge in [0, 0.05) is 5.56 Å². The standard InChI is InChI=1S/C15H24O2/c1-4-7-8-9-11-10-14(16)15(17)13(6-3)12(11)5-2/h10,16-17H,4-9H2,1-3H3. The van der Waals surface area contributed by atoms with Crippen LogP contribution in [0.15, 0.2) is 6.07 Å². The van der Waals surface area contributed by atoms with Gasteiger partial charge in [-0.15, -0.1) is 0 Å². The van der Waals surface area contributed by atoms with Crippen LogP contribution in [0.5, 0.6) is 11.5 Å². The Labute approximate surface area is 104 Å². The van der Waals surface area contributed by atoms with Crippen molar-refractivity contribution in [3.8, 4) is 11.5 Å². The maximum Gasteiger partial charge on any atom is 0.160 e. The molecule has 0 heterocycles. The summed E-state index contributed by atoms with van der Waals surface area (Å²) in [4.78, 5) is 0. The molecule has 0 atom stereocenters. The van der Waals surface area contributed by atoms with Crippen LogP contribution >= 0.6 is 0 Å². The van der Waals surface area contributed by atoms with E-state index in [1.165, 1.54) is 24.0 Å². The van der Waals surface area contributed by atoms with Crippen molar-refractivity contribution < 1.29 is 10.2 Å². The van der Waals surface area contributed by atoms with E-state index in [0.29, 0.717) is 0 Å². The van der Waals surface area contributed by atoms with Gasteiger partial charge >= 0.3 is 0 Å². The van der Waals surface area contributed by atoms with E-state index in [1.54, 1.807) is 6.07 Å². The minimum Gasteiger partial charge on any atom is -0.504 e. The van der Waals surface area contributed by atoms with Crippen molar-refractivity contribution in [2.45, 2.75) is 59.3 Å². The summed E-state index contributed by atoms with van der Waals surface area (Å²) >= 11 is 0. The third-order valence-electron chi connectivity index (χ3n) is 3.35. The molecule has 0 aromatic heterocycles. The lowest BCUT2D eigenvalue weighted by atomic mass is 9.92. The summed E-state index contributed by atoms with van der Waals surface area (Å²) in [6.45, 7) is 6.31. The Hall–Kier alpha value is -1.18. The fourth-order valence-corrected chi connectivity index (χ4v) is 2.42. The number of benzene rings is 1. The van der Waals surface area contributed by atoms with Gasteiger partial charge in [-0.25, -0.2) is 0 Å². The number of phenols is 2. The van der Waals surface area contributed by atoms with Crippen LogP contribution in [0.1, 0.15) is 56.7 Å². The highest BCUT2D eigenvalue weighted by molar-refractivity contribution is 5.53. The number of rotatable bonds is 6. The van der Waals surface area contributed by atoms with Crippen LogP contribution in [-0.4, -0.2) is 10.2 Å². The first-order chi connectivity index (χ1) is 8.15. The van der Waals surface area contributed by atoms with Crippen molar-refractivity contribution in [2.75, 3.05) is 0 Å². The fourth-order valence-electron chi connectivity index (χ4n) is 2.42. The van der Waals surface area contributed by atoms with Crippen molar-refractivity contribution in [1.82, 2.24) is 0 Å². The third-order valence-corrected chi connectivity index (χ3v) is 3.35. The highest BCUT2D eigenvalue weighted by Crippen LogP contribution is 2.35. The maximum absolute atomic E-state index is 9.86. The molecular weight excluding hydrogens is 212 g/mol. The van der Waals surface area contributed by atoms with E-state index < -0.39 is 0 Å². The van der Waals surface area contributed by atoms with Gasteiger partial charge in [0.15, 0.2) is 11.5 Å². The zero-order valence-corrected chi connectivity index (χ0v) is 11.2. The SMILES string of the molecule is CCCCCc1cc(O)c(O)c(CC)c1CC. The number of hydrogen-bond donors (Lipinski definition) is 2. The van der Waals surface area contributed by atoms with Crippen molar-refractivity contribution in [1.29, 1.82) is 0 Å². The zero-order valence-electron chi connectivity index (χ0n) is 11.2. The number of aryl methyl sites for hydroxylation is 1.